The number of hydrogen-bond acceptors (Lipinski definition) is 4. The van der Waals surface area contributed by atoms with E-state index in [-0.39, 0.29) is 0 Å². The summed E-state index contributed by atoms with van der Waals surface area (Å²) < 4.78 is 2.07. The number of aryl methyl sites for hydroxylation is 1. The van der Waals surface area contributed by atoms with Gasteiger partial charge in [-0.05, 0) is 33.5 Å². The third-order valence-electron chi connectivity index (χ3n) is 4.36. The quantitative estimate of drug-likeness (QED) is 0.828. The minimum absolute atomic E-state index is 0.364. The van der Waals surface area contributed by atoms with Gasteiger partial charge < -0.3 is 10.2 Å². The lowest BCUT2D eigenvalue weighted by Crippen LogP contribution is -2.55. The first kappa shape index (κ1) is 16.5. The molecule has 0 aliphatic carbocycles. The lowest BCUT2D eigenvalue weighted by Gasteiger charge is -2.42. The smallest absolute Gasteiger partial charge is 0.0538 e. The Morgan fingerprint density at radius 3 is 2.81 bits per heavy atom. The number of likely N-dealkylation sites (N-methyl/N-ethyl adjacent to an activating group) is 2. The molecule has 0 radical (unpaired) electrons. The van der Waals surface area contributed by atoms with Crippen molar-refractivity contribution in [2.45, 2.75) is 45.3 Å². The first-order valence-electron chi connectivity index (χ1n) is 8.30. The van der Waals surface area contributed by atoms with Gasteiger partial charge in [-0.15, -0.1) is 0 Å². The Balaban J connectivity index is 2.15. The molecule has 2 heterocycles. The number of rotatable bonds is 7. The maximum absolute atomic E-state index is 4.52. The van der Waals surface area contributed by atoms with E-state index in [0.29, 0.717) is 12.1 Å². The van der Waals surface area contributed by atoms with Gasteiger partial charge in [0.05, 0.1) is 12.2 Å². The zero-order valence-electron chi connectivity index (χ0n) is 14.0. The molecule has 1 saturated heterocycles. The van der Waals surface area contributed by atoms with Gasteiger partial charge >= 0.3 is 0 Å². The van der Waals surface area contributed by atoms with Gasteiger partial charge in [-0.2, -0.15) is 5.10 Å². The molecule has 5 nitrogen and oxygen atoms in total. The lowest BCUT2D eigenvalue weighted by molar-refractivity contribution is 0.0876. The van der Waals surface area contributed by atoms with Crippen molar-refractivity contribution in [3.05, 3.63) is 18.0 Å². The van der Waals surface area contributed by atoms with Crippen LogP contribution < -0.4 is 5.32 Å². The molecule has 1 aliphatic rings. The molecule has 0 aromatic carbocycles. The van der Waals surface area contributed by atoms with Crippen molar-refractivity contribution >= 4 is 0 Å². The van der Waals surface area contributed by atoms with E-state index in [1.165, 1.54) is 5.56 Å². The summed E-state index contributed by atoms with van der Waals surface area (Å²) in [6.07, 6.45) is 6.55. The molecular weight excluding hydrogens is 262 g/mol. The molecule has 1 N–H and O–H groups in total. The van der Waals surface area contributed by atoms with Gasteiger partial charge in [0.2, 0.25) is 0 Å². The van der Waals surface area contributed by atoms with Gasteiger partial charge in [-0.1, -0.05) is 13.8 Å². The van der Waals surface area contributed by atoms with E-state index in [2.05, 4.69) is 59.0 Å². The maximum atomic E-state index is 4.52. The van der Waals surface area contributed by atoms with Crippen molar-refractivity contribution in [2.24, 2.45) is 0 Å². The van der Waals surface area contributed by atoms with Gasteiger partial charge in [0, 0.05) is 44.0 Å². The molecule has 0 saturated carbocycles. The fourth-order valence-electron chi connectivity index (χ4n) is 3.07. The molecule has 2 rings (SSSR count). The molecule has 2 atom stereocenters. The fraction of sp³-hybridized carbons (Fsp3) is 0.812. The summed E-state index contributed by atoms with van der Waals surface area (Å²) >= 11 is 0. The van der Waals surface area contributed by atoms with Crippen LogP contribution in [-0.4, -0.2) is 65.9 Å². The molecule has 1 aromatic rings. The van der Waals surface area contributed by atoms with E-state index in [1.807, 2.05) is 6.20 Å². The molecule has 120 valence electrons. The summed E-state index contributed by atoms with van der Waals surface area (Å²) in [7, 11) is 4.46. The highest BCUT2D eigenvalue weighted by Crippen LogP contribution is 2.23. The van der Waals surface area contributed by atoms with Crippen LogP contribution in [0.4, 0.5) is 0 Å². The SMILES string of the molecule is CCCNC(c1cnn(CCC)c1)C1CN(C)CCN1C. The molecule has 5 heteroatoms. The largest absolute Gasteiger partial charge is 0.308 e. The molecule has 1 aromatic heterocycles. The number of nitrogens with zero attached hydrogens (tertiary/aromatic N) is 4. The summed E-state index contributed by atoms with van der Waals surface area (Å²) in [6, 6.07) is 0.873. The topological polar surface area (TPSA) is 36.3 Å². The molecule has 2 unspecified atom stereocenters. The van der Waals surface area contributed by atoms with Crippen molar-refractivity contribution in [3.8, 4) is 0 Å². The van der Waals surface area contributed by atoms with Gasteiger partial charge in [0.15, 0.2) is 0 Å². The molecule has 1 fully saturated rings. The Morgan fingerprint density at radius 1 is 1.29 bits per heavy atom. The van der Waals surface area contributed by atoms with Crippen LogP contribution in [0.5, 0.6) is 0 Å². The second kappa shape index (κ2) is 7.92. The summed E-state index contributed by atoms with van der Waals surface area (Å²) in [6.45, 7) is 9.87. The molecule has 1 aliphatic heterocycles. The summed E-state index contributed by atoms with van der Waals surface area (Å²) in [5, 5.41) is 8.26. The highest BCUT2D eigenvalue weighted by atomic mass is 15.3. The average molecular weight is 293 g/mol. The Hall–Kier alpha value is -0.910. The standard InChI is InChI=1S/C16H31N5/c1-5-7-17-16(14-11-18-21(12-14)8-6-2)15-13-19(3)9-10-20(15)4/h11-12,15-17H,5-10,13H2,1-4H3. The van der Waals surface area contributed by atoms with Gasteiger partial charge in [0.1, 0.15) is 0 Å². The Kier molecular flexibility index (Phi) is 6.21. The molecular formula is C16H31N5. The predicted octanol–water partition coefficient (Wildman–Crippen LogP) is 1.58. The van der Waals surface area contributed by atoms with E-state index in [1.54, 1.807) is 0 Å². The first-order valence-corrected chi connectivity index (χ1v) is 8.30. The van der Waals surface area contributed by atoms with E-state index in [9.17, 15) is 0 Å². The Morgan fingerprint density at radius 2 is 2.10 bits per heavy atom. The van der Waals surface area contributed by atoms with E-state index in [0.717, 1.165) is 45.6 Å². The van der Waals surface area contributed by atoms with Crippen LogP contribution in [0.15, 0.2) is 12.4 Å². The number of aromatic nitrogens is 2. The van der Waals surface area contributed by atoms with Crippen molar-refractivity contribution in [1.29, 1.82) is 0 Å². The molecule has 0 amide bonds. The highest BCUT2D eigenvalue weighted by molar-refractivity contribution is 5.14. The van der Waals surface area contributed by atoms with Gasteiger partial charge in [-0.3, -0.25) is 9.58 Å². The first-order chi connectivity index (χ1) is 10.2. The zero-order chi connectivity index (χ0) is 15.2. The van der Waals surface area contributed by atoms with E-state index < -0.39 is 0 Å². The second-order valence-corrected chi connectivity index (χ2v) is 6.28. The van der Waals surface area contributed by atoms with Crippen LogP contribution in [0.2, 0.25) is 0 Å². The molecule has 0 spiro atoms. The van der Waals surface area contributed by atoms with Crippen molar-refractivity contribution in [2.75, 3.05) is 40.3 Å². The van der Waals surface area contributed by atoms with Crippen LogP contribution in [0, 0.1) is 0 Å². The van der Waals surface area contributed by atoms with Crippen LogP contribution in [0.1, 0.15) is 38.3 Å². The third-order valence-corrected chi connectivity index (χ3v) is 4.36. The lowest BCUT2D eigenvalue weighted by atomic mass is 9.98. The summed E-state index contributed by atoms with van der Waals surface area (Å²) in [5.41, 5.74) is 1.32. The number of piperazine rings is 1. The van der Waals surface area contributed by atoms with Crippen LogP contribution in [-0.2, 0) is 6.54 Å². The normalized spacial score (nSPS) is 22.6. The predicted molar refractivity (Wildman–Crippen MR) is 87.5 cm³/mol. The molecule has 21 heavy (non-hydrogen) atoms. The zero-order valence-corrected chi connectivity index (χ0v) is 14.0. The van der Waals surface area contributed by atoms with Crippen molar-refractivity contribution in [3.63, 3.8) is 0 Å². The van der Waals surface area contributed by atoms with Gasteiger partial charge in [-0.25, -0.2) is 0 Å². The van der Waals surface area contributed by atoms with Crippen molar-refractivity contribution < 1.29 is 0 Å². The Labute approximate surface area is 129 Å². The highest BCUT2D eigenvalue weighted by Gasteiger charge is 2.31. The fourth-order valence-corrected chi connectivity index (χ4v) is 3.07. The molecule has 0 bridgehead atoms. The minimum Gasteiger partial charge on any atom is -0.308 e. The Bertz CT molecular complexity index is 417. The number of hydrogen-bond donors (Lipinski definition) is 1. The maximum Gasteiger partial charge on any atom is 0.0538 e. The van der Waals surface area contributed by atoms with Crippen molar-refractivity contribution in [1.82, 2.24) is 24.9 Å². The monoisotopic (exact) mass is 293 g/mol. The van der Waals surface area contributed by atoms with Crippen LogP contribution >= 0.6 is 0 Å². The summed E-state index contributed by atoms with van der Waals surface area (Å²) in [4.78, 5) is 4.92. The van der Waals surface area contributed by atoms with Crippen LogP contribution in [0.25, 0.3) is 0 Å². The average Bonchev–Trinajstić information content (AvgIpc) is 2.92. The van der Waals surface area contributed by atoms with E-state index in [4.69, 9.17) is 0 Å². The third kappa shape index (κ3) is 4.28. The second-order valence-electron chi connectivity index (χ2n) is 6.28. The minimum atomic E-state index is 0.364. The van der Waals surface area contributed by atoms with Gasteiger partial charge in [0.25, 0.3) is 0 Å². The summed E-state index contributed by atoms with van der Waals surface area (Å²) in [5.74, 6) is 0. The van der Waals surface area contributed by atoms with Crippen LogP contribution in [0.3, 0.4) is 0 Å². The number of nitrogens with one attached hydrogen (secondary N) is 1. The van der Waals surface area contributed by atoms with E-state index >= 15 is 0 Å².